The van der Waals surface area contributed by atoms with Crippen molar-refractivity contribution in [3.05, 3.63) is 41.4 Å². The van der Waals surface area contributed by atoms with Crippen molar-refractivity contribution in [2.75, 3.05) is 36.8 Å². The zero-order chi connectivity index (χ0) is 13.8. The summed E-state index contributed by atoms with van der Waals surface area (Å²) in [4.78, 5) is 10.4. The fraction of sp³-hybridized carbons (Fsp3) is 0.400. The molecule has 3 rings (SSSR count). The molecule has 0 bridgehead atoms. The minimum absolute atomic E-state index is 0.667. The summed E-state index contributed by atoms with van der Waals surface area (Å²) in [7, 11) is 0. The van der Waals surface area contributed by atoms with E-state index in [-0.39, 0.29) is 0 Å². The van der Waals surface area contributed by atoms with Gasteiger partial charge in [0.2, 0.25) is 0 Å². The Bertz CT molecular complexity index is 540. The van der Waals surface area contributed by atoms with Gasteiger partial charge in [-0.05, 0) is 18.6 Å². The minimum atomic E-state index is 0.667. The van der Waals surface area contributed by atoms with Crippen LogP contribution in [0.5, 0.6) is 0 Å². The van der Waals surface area contributed by atoms with Gasteiger partial charge in [-0.15, -0.1) is 11.3 Å². The highest BCUT2D eigenvalue weighted by molar-refractivity contribution is 7.15. The maximum atomic E-state index is 5.69. The van der Waals surface area contributed by atoms with E-state index < -0.39 is 0 Å². The number of rotatable bonds is 3. The molecule has 0 radical (unpaired) electrons. The van der Waals surface area contributed by atoms with Crippen LogP contribution in [0.15, 0.2) is 36.5 Å². The molecule has 1 aromatic heterocycles. The van der Waals surface area contributed by atoms with Crippen molar-refractivity contribution in [2.24, 2.45) is 0 Å². The van der Waals surface area contributed by atoms with Crippen molar-refractivity contribution in [2.45, 2.75) is 13.0 Å². The number of hydrogen-bond donors (Lipinski definition) is 1. The first-order chi connectivity index (χ1) is 9.81. The molecule has 0 atom stereocenters. The summed E-state index contributed by atoms with van der Waals surface area (Å²) < 4.78 is 0. The molecule has 106 valence electrons. The van der Waals surface area contributed by atoms with E-state index in [2.05, 4.69) is 45.1 Å². The monoisotopic (exact) mass is 288 g/mol. The van der Waals surface area contributed by atoms with E-state index in [1.54, 1.807) is 11.3 Å². The number of para-hydroxylation sites is 1. The lowest BCUT2D eigenvalue weighted by molar-refractivity contribution is 0.288. The predicted molar refractivity (Wildman–Crippen MR) is 85.1 cm³/mol. The molecule has 1 saturated heterocycles. The first kappa shape index (κ1) is 13.4. The highest BCUT2D eigenvalue weighted by Crippen LogP contribution is 2.19. The Morgan fingerprint density at radius 3 is 2.70 bits per heavy atom. The van der Waals surface area contributed by atoms with Crippen molar-refractivity contribution < 1.29 is 0 Å². The van der Waals surface area contributed by atoms with Gasteiger partial charge in [-0.25, -0.2) is 4.98 Å². The van der Waals surface area contributed by atoms with Gasteiger partial charge in [-0.3, -0.25) is 4.90 Å². The van der Waals surface area contributed by atoms with Crippen LogP contribution in [0.4, 0.5) is 10.8 Å². The van der Waals surface area contributed by atoms with Gasteiger partial charge in [-0.2, -0.15) is 0 Å². The summed E-state index contributed by atoms with van der Waals surface area (Å²) in [5.41, 5.74) is 7.02. The summed E-state index contributed by atoms with van der Waals surface area (Å²) >= 11 is 1.60. The number of anilines is 2. The van der Waals surface area contributed by atoms with Crippen molar-refractivity contribution in [1.29, 1.82) is 0 Å². The average molecular weight is 288 g/mol. The molecule has 1 aliphatic rings. The normalized spacial score (nSPS) is 17.1. The molecule has 1 aromatic carbocycles. The lowest BCUT2D eigenvalue weighted by Gasteiger charge is -2.23. The van der Waals surface area contributed by atoms with E-state index in [0.717, 1.165) is 32.7 Å². The highest BCUT2D eigenvalue weighted by Gasteiger charge is 2.15. The number of aromatic nitrogens is 1. The number of nitrogens with two attached hydrogens (primary N) is 1. The van der Waals surface area contributed by atoms with Crippen LogP contribution < -0.4 is 10.6 Å². The molecular weight excluding hydrogens is 268 g/mol. The molecule has 1 fully saturated rings. The zero-order valence-electron chi connectivity index (χ0n) is 11.5. The van der Waals surface area contributed by atoms with Crippen LogP contribution >= 0.6 is 11.3 Å². The van der Waals surface area contributed by atoms with Gasteiger partial charge in [0.25, 0.3) is 0 Å². The van der Waals surface area contributed by atoms with E-state index >= 15 is 0 Å². The number of nitrogens with zero attached hydrogens (tertiary/aromatic N) is 3. The summed E-state index contributed by atoms with van der Waals surface area (Å²) in [5.74, 6) is 0. The largest absolute Gasteiger partial charge is 0.375 e. The standard InChI is InChI=1S/C15H20N4S/c16-15-17-11-14(20-15)12-18-7-4-8-19(10-9-18)13-5-2-1-3-6-13/h1-3,5-6,11H,4,7-10,12H2,(H2,16,17). The van der Waals surface area contributed by atoms with Crippen molar-refractivity contribution in [3.63, 3.8) is 0 Å². The van der Waals surface area contributed by atoms with Gasteiger partial charge >= 0.3 is 0 Å². The third-order valence-electron chi connectivity index (χ3n) is 3.66. The number of nitrogen functional groups attached to an aromatic ring is 1. The molecule has 0 unspecified atom stereocenters. The maximum absolute atomic E-state index is 5.69. The Hall–Kier alpha value is -1.59. The summed E-state index contributed by atoms with van der Waals surface area (Å²) in [6.45, 7) is 5.41. The SMILES string of the molecule is Nc1ncc(CN2CCCN(c3ccccc3)CC2)s1. The Labute approximate surface area is 123 Å². The lowest BCUT2D eigenvalue weighted by Crippen LogP contribution is -2.30. The fourth-order valence-corrected chi connectivity index (χ4v) is 3.37. The van der Waals surface area contributed by atoms with Gasteiger partial charge in [-0.1, -0.05) is 18.2 Å². The number of thiazole rings is 1. The third kappa shape index (κ3) is 3.29. The quantitative estimate of drug-likeness (QED) is 0.942. The molecule has 2 N–H and O–H groups in total. The molecule has 0 amide bonds. The zero-order valence-corrected chi connectivity index (χ0v) is 12.4. The fourth-order valence-electron chi connectivity index (χ4n) is 2.64. The summed E-state index contributed by atoms with van der Waals surface area (Å²) in [6, 6.07) is 10.7. The second-order valence-electron chi connectivity index (χ2n) is 5.12. The molecule has 5 heteroatoms. The van der Waals surface area contributed by atoms with E-state index in [9.17, 15) is 0 Å². The second kappa shape index (κ2) is 6.24. The van der Waals surface area contributed by atoms with Crippen molar-refractivity contribution in [1.82, 2.24) is 9.88 Å². The van der Waals surface area contributed by atoms with Crippen LogP contribution in [0, 0.1) is 0 Å². The van der Waals surface area contributed by atoms with E-state index in [1.807, 2.05) is 6.20 Å². The van der Waals surface area contributed by atoms with Crippen molar-refractivity contribution >= 4 is 22.2 Å². The molecule has 1 aliphatic heterocycles. The topological polar surface area (TPSA) is 45.4 Å². The summed E-state index contributed by atoms with van der Waals surface area (Å²) in [6.07, 6.45) is 3.10. The highest BCUT2D eigenvalue weighted by atomic mass is 32.1. The molecular formula is C15H20N4S. The number of hydrogen-bond acceptors (Lipinski definition) is 5. The molecule has 2 heterocycles. The molecule has 4 nitrogen and oxygen atoms in total. The Kier molecular flexibility index (Phi) is 4.18. The van der Waals surface area contributed by atoms with Crippen LogP contribution in [0.25, 0.3) is 0 Å². The van der Waals surface area contributed by atoms with Gasteiger partial charge in [0.1, 0.15) is 0 Å². The van der Waals surface area contributed by atoms with E-state index in [1.165, 1.54) is 17.0 Å². The Balaban J connectivity index is 1.59. The van der Waals surface area contributed by atoms with Gasteiger partial charge < -0.3 is 10.6 Å². The van der Waals surface area contributed by atoms with Crippen LogP contribution in [0.2, 0.25) is 0 Å². The van der Waals surface area contributed by atoms with Gasteiger partial charge in [0.05, 0.1) is 0 Å². The first-order valence-electron chi connectivity index (χ1n) is 7.04. The number of benzene rings is 1. The average Bonchev–Trinajstić information content (AvgIpc) is 2.74. The molecule has 20 heavy (non-hydrogen) atoms. The van der Waals surface area contributed by atoms with Crippen LogP contribution in [0.1, 0.15) is 11.3 Å². The first-order valence-corrected chi connectivity index (χ1v) is 7.85. The van der Waals surface area contributed by atoms with Gasteiger partial charge in [0.15, 0.2) is 5.13 Å². The van der Waals surface area contributed by atoms with Crippen LogP contribution in [-0.2, 0) is 6.54 Å². The minimum Gasteiger partial charge on any atom is -0.375 e. The van der Waals surface area contributed by atoms with E-state index in [4.69, 9.17) is 5.73 Å². The lowest BCUT2D eigenvalue weighted by atomic mass is 10.3. The molecule has 2 aromatic rings. The Morgan fingerprint density at radius 1 is 1.10 bits per heavy atom. The maximum Gasteiger partial charge on any atom is 0.180 e. The van der Waals surface area contributed by atoms with Crippen LogP contribution in [0.3, 0.4) is 0 Å². The van der Waals surface area contributed by atoms with Crippen LogP contribution in [-0.4, -0.2) is 36.1 Å². The molecule has 0 spiro atoms. The Morgan fingerprint density at radius 2 is 1.95 bits per heavy atom. The third-order valence-corrected chi connectivity index (χ3v) is 4.47. The predicted octanol–water partition coefficient (Wildman–Crippen LogP) is 2.44. The summed E-state index contributed by atoms with van der Waals surface area (Å²) in [5, 5.41) is 0.667. The van der Waals surface area contributed by atoms with E-state index in [0.29, 0.717) is 5.13 Å². The molecule has 0 saturated carbocycles. The van der Waals surface area contributed by atoms with Gasteiger partial charge in [0, 0.05) is 49.5 Å². The molecule has 0 aliphatic carbocycles. The smallest absolute Gasteiger partial charge is 0.180 e. The second-order valence-corrected chi connectivity index (χ2v) is 6.26. The van der Waals surface area contributed by atoms with Crippen molar-refractivity contribution in [3.8, 4) is 0 Å².